The van der Waals surface area contributed by atoms with Gasteiger partial charge >= 0.3 is 5.97 Å². The molecule has 30 heavy (non-hydrogen) atoms. The molecule has 0 spiro atoms. The van der Waals surface area contributed by atoms with Crippen LogP contribution in [0.4, 0.5) is 0 Å². The molecule has 0 atom stereocenters. The number of rotatable bonds is 9. The molecule has 0 aliphatic rings. The smallest absolute Gasteiger partial charge is 0.343 e. The van der Waals surface area contributed by atoms with Crippen molar-refractivity contribution in [3.8, 4) is 11.5 Å². The normalized spacial score (nSPS) is 10.5. The topological polar surface area (TPSA) is 44.8 Å². The van der Waals surface area contributed by atoms with Crippen LogP contribution < -0.4 is 9.47 Å². The summed E-state index contributed by atoms with van der Waals surface area (Å²) in [6.07, 6.45) is 0. The first-order valence-electron chi connectivity index (χ1n) is 9.43. The number of hydrogen-bond donors (Lipinski definition) is 0. The summed E-state index contributed by atoms with van der Waals surface area (Å²) in [5.74, 6) is 1.97. The van der Waals surface area contributed by atoms with Gasteiger partial charge in [0.1, 0.15) is 18.1 Å². The van der Waals surface area contributed by atoms with Gasteiger partial charge in [0.25, 0.3) is 0 Å². The zero-order chi connectivity index (χ0) is 21.3. The molecule has 0 amide bonds. The lowest BCUT2D eigenvalue weighted by Gasteiger charge is -2.10. The fourth-order valence-corrected chi connectivity index (χ4v) is 3.74. The van der Waals surface area contributed by atoms with Crippen LogP contribution in [-0.4, -0.2) is 19.7 Å². The van der Waals surface area contributed by atoms with Crippen LogP contribution >= 0.6 is 23.4 Å². The predicted octanol–water partition coefficient (Wildman–Crippen LogP) is 6.07. The second-order valence-corrected chi connectivity index (χ2v) is 8.13. The van der Waals surface area contributed by atoms with Gasteiger partial charge in [0.15, 0.2) is 6.61 Å². The van der Waals surface area contributed by atoms with E-state index in [-0.39, 0.29) is 6.61 Å². The van der Waals surface area contributed by atoms with Crippen LogP contribution in [0.15, 0.2) is 71.6 Å². The highest BCUT2D eigenvalue weighted by Crippen LogP contribution is 2.28. The largest absolute Gasteiger partial charge is 0.489 e. The zero-order valence-electron chi connectivity index (χ0n) is 16.9. The number of hydrogen-bond acceptors (Lipinski definition) is 5. The molecule has 0 unspecified atom stereocenters. The lowest BCUT2D eigenvalue weighted by atomic mass is 10.2. The highest BCUT2D eigenvalue weighted by Gasteiger charge is 2.06. The molecule has 4 nitrogen and oxygen atoms in total. The number of halogens is 1. The zero-order valence-corrected chi connectivity index (χ0v) is 18.5. The second-order valence-electron chi connectivity index (χ2n) is 6.64. The first kappa shape index (κ1) is 22.1. The van der Waals surface area contributed by atoms with Crippen molar-refractivity contribution in [2.45, 2.75) is 24.2 Å². The van der Waals surface area contributed by atoms with Gasteiger partial charge in [-0.05, 0) is 66.1 Å². The lowest BCUT2D eigenvalue weighted by Crippen LogP contribution is -2.12. The predicted molar refractivity (Wildman–Crippen MR) is 120 cm³/mol. The van der Waals surface area contributed by atoms with E-state index in [4.69, 9.17) is 21.1 Å². The van der Waals surface area contributed by atoms with E-state index in [9.17, 15) is 4.79 Å². The summed E-state index contributed by atoms with van der Waals surface area (Å²) in [6.45, 7) is 2.38. The number of aryl methyl sites for hydroxylation is 1. The first-order valence-corrected chi connectivity index (χ1v) is 10.8. The van der Waals surface area contributed by atoms with Crippen molar-refractivity contribution in [2.75, 3.05) is 13.7 Å². The Morgan fingerprint density at radius 2 is 1.63 bits per heavy atom. The second kappa shape index (κ2) is 11.0. The standard InChI is InChI=1S/C24H23ClO4S/c1-17-13-22(11-12-23(17)29-15-24(26)27-2)30-16-19-5-9-21(10-6-19)28-14-18-3-7-20(25)8-4-18/h3-13H,14-16H2,1-2H3. The highest BCUT2D eigenvalue weighted by atomic mass is 35.5. The lowest BCUT2D eigenvalue weighted by molar-refractivity contribution is -0.142. The fourth-order valence-electron chi connectivity index (χ4n) is 2.67. The van der Waals surface area contributed by atoms with Crippen LogP contribution in [0.3, 0.4) is 0 Å². The Labute approximate surface area is 186 Å². The molecule has 0 N–H and O–H groups in total. The van der Waals surface area contributed by atoms with Crippen molar-refractivity contribution < 1.29 is 19.0 Å². The molecule has 3 aromatic carbocycles. The fraction of sp³-hybridized carbons (Fsp3) is 0.208. The van der Waals surface area contributed by atoms with Crippen molar-refractivity contribution in [3.05, 3.63) is 88.4 Å². The van der Waals surface area contributed by atoms with Gasteiger partial charge in [-0.2, -0.15) is 0 Å². The average molecular weight is 443 g/mol. The average Bonchev–Trinajstić information content (AvgIpc) is 2.77. The molecule has 0 saturated heterocycles. The van der Waals surface area contributed by atoms with Gasteiger partial charge in [-0.25, -0.2) is 4.79 Å². The number of benzene rings is 3. The summed E-state index contributed by atoms with van der Waals surface area (Å²) >= 11 is 7.64. The van der Waals surface area contributed by atoms with Crippen molar-refractivity contribution in [1.82, 2.24) is 0 Å². The Morgan fingerprint density at radius 3 is 2.30 bits per heavy atom. The minimum atomic E-state index is -0.395. The molecule has 6 heteroatoms. The maximum atomic E-state index is 11.2. The van der Waals surface area contributed by atoms with E-state index in [0.717, 1.165) is 32.5 Å². The molecular formula is C24H23ClO4S. The highest BCUT2D eigenvalue weighted by molar-refractivity contribution is 7.98. The van der Waals surface area contributed by atoms with Crippen LogP contribution in [0.2, 0.25) is 5.02 Å². The molecule has 3 aromatic rings. The van der Waals surface area contributed by atoms with Crippen LogP contribution in [0, 0.1) is 6.92 Å². The Morgan fingerprint density at radius 1 is 0.933 bits per heavy atom. The maximum Gasteiger partial charge on any atom is 0.343 e. The molecule has 3 rings (SSSR count). The molecule has 156 valence electrons. The first-order chi connectivity index (χ1) is 14.5. The third-order valence-electron chi connectivity index (χ3n) is 4.37. The van der Waals surface area contributed by atoms with Gasteiger partial charge in [0.05, 0.1) is 7.11 Å². The van der Waals surface area contributed by atoms with Crippen LogP contribution in [0.25, 0.3) is 0 Å². The van der Waals surface area contributed by atoms with E-state index >= 15 is 0 Å². The monoisotopic (exact) mass is 442 g/mol. The summed E-state index contributed by atoms with van der Waals surface area (Å²) in [5, 5.41) is 0.721. The molecule has 0 fully saturated rings. The molecule has 0 aliphatic carbocycles. The molecular weight excluding hydrogens is 420 g/mol. The minimum absolute atomic E-state index is 0.0870. The SMILES string of the molecule is COC(=O)COc1ccc(SCc2ccc(OCc3ccc(Cl)cc3)cc2)cc1C. The van der Waals surface area contributed by atoms with Gasteiger partial charge < -0.3 is 14.2 Å². The summed E-state index contributed by atoms with van der Waals surface area (Å²) < 4.78 is 15.9. The van der Waals surface area contributed by atoms with Crippen molar-refractivity contribution in [3.63, 3.8) is 0 Å². The van der Waals surface area contributed by atoms with Gasteiger partial charge in [-0.1, -0.05) is 35.9 Å². The third kappa shape index (κ3) is 6.71. The van der Waals surface area contributed by atoms with E-state index < -0.39 is 5.97 Å². The van der Waals surface area contributed by atoms with Crippen LogP contribution in [-0.2, 0) is 21.9 Å². The Kier molecular flexibility index (Phi) is 8.05. The summed E-state index contributed by atoms with van der Waals surface area (Å²) in [7, 11) is 1.34. The number of thioether (sulfide) groups is 1. The molecule has 0 heterocycles. The molecule has 0 aliphatic heterocycles. The minimum Gasteiger partial charge on any atom is -0.489 e. The van der Waals surface area contributed by atoms with Crippen molar-refractivity contribution >= 4 is 29.3 Å². The van der Waals surface area contributed by atoms with E-state index in [1.165, 1.54) is 12.7 Å². The third-order valence-corrected chi connectivity index (χ3v) is 5.68. The van der Waals surface area contributed by atoms with Crippen LogP contribution in [0.5, 0.6) is 11.5 Å². The quantitative estimate of drug-likeness (QED) is 0.297. The number of carbonyl (C=O) groups excluding carboxylic acids is 1. The number of methoxy groups -OCH3 is 1. The molecule has 0 saturated carbocycles. The van der Waals surface area contributed by atoms with E-state index in [1.807, 2.05) is 55.5 Å². The Balaban J connectivity index is 1.49. The summed E-state index contributed by atoms with van der Waals surface area (Å²) in [4.78, 5) is 12.3. The van der Waals surface area contributed by atoms with Crippen molar-refractivity contribution in [1.29, 1.82) is 0 Å². The van der Waals surface area contributed by atoms with Crippen molar-refractivity contribution in [2.24, 2.45) is 0 Å². The van der Waals surface area contributed by atoms with E-state index in [2.05, 4.69) is 22.9 Å². The Bertz CT molecular complexity index is 972. The summed E-state index contributed by atoms with van der Waals surface area (Å²) in [5.41, 5.74) is 3.27. The van der Waals surface area contributed by atoms with E-state index in [1.54, 1.807) is 11.8 Å². The van der Waals surface area contributed by atoms with Gasteiger partial charge in [-0.3, -0.25) is 0 Å². The molecule has 0 radical (unpaired) electrons. The maximum absolute atomic E-state index is 11.2. The summed E-state index contributed by atoms with van der Waals surface area (Å²) in [6, 6.07) is 21.7. The van der Waals surface area contributed by atoms with Gasteiger partial charge in [0.2, 0.25) is 0 Å². The molecule has 0 bridgehead atoms. The van der Waals surface area contributed by atoms with E-state index in [0.29, 0.717) is 12.4 Å². The van der Waals surface area contributed by atoms with Gasteiger partial charge in [0, 0.05) is 15.7 Å². The number of ether oxygens (including phenoxy) is 3. The van der Waals surface area contributed by atoms with Gasteiger partial charge in [-0.15, -0.1) is 11.8 Å². The van der Waals surface area contributed by atoms with Crippen LogP contribution in [0.1, 0.15) is 16.7 Å². The number of carbonyl (C=O) groups is 1. The number of esters is 1. The Hall–Kier alpha value is -2.63. The molecule has 0 aromatic heterocycles.